The number of para-hydroxylation sites is 3. The van der Waals surface area contributed by atoms with Gasteiger partial charge in [-0.1, -0.05) is 279 Å². The zero-order valence-electron chi connectivity index (χ0n) is 61.2. The normalized spacial score (nSPS) is 12.1. The van der Waals surface area contributed by atoms with Crippen LogP contribution in [0.25, 0.3) is 194 Å². The molecule has 0 radical (unpaired) electrons. The summed E-state index contributed by atoms with van der Waals surface area (Å²) in [6, 6.07) is 132. The molecule has 114 heavy (non-hydrogen) atoms. The molecule has 3 aliphatic rings. The molecule has 0 saturated carbocycles. The molecule has 3 aliphatic heterocycles. The van der Waals surface area contributed by atoms with Crippen molar-refractivity contribution in [2.75, 3.05) is 0 Å². The number of hydrogen-bond donors (Lipinski definition) is 0. The summed E-state index contributed by atoms with van der Waals surface area (Å²) in [6.07, 6.45) is 1.86. The molecule has 0 N–H and O–H groups in total. The fourth-order valence-corrected chi connectivity index (χ4v) is 17.4. The van der Waals surface area contributed by atoms with Crippen molar-refractivity contribution in [3.05, 3.63) is 382 Å². The van der Waals surface area contributed by atoms with Gasteiger partial charge in [0.15, 0.2) is 34.5 Å². The summed E-state index contributed by atoms with van der Waals surface area (Å²) in [7, 11) is 0. The van der Waals surface area contributed by atoms with Crippen LogP contribution >= 0.6 is 0 Å². The minimum atomic E-state index is 0.813. The number of benzene rings is 18. The van der Waals surface area contributed by atoms with Crippen LogP contribution in [0.2, 0.25) is 0 Å². The summed E-state index contributed by atoms with van der Waals surface area (Å²) in [5.74, 6) is 7.70. The van der Waals surface area contributed by atoms with E-state index in [2.05, 4.69) is 299 Å². The fourth-order valence-electron chi connectivity index (χ4n) is 17.4. The summed E-state index contributed by atoms with van der Waals surface area (Å²) in [4.78, 5) is 19.7. The number of fused-ring (bicyclic) bond motifs is 15. The van der Waals surface area contributed by atoms with E-state index in [4.69, 9.17) is 34.1 Å². The highest BCUT2D eigenvalue weighted by Crippen LogP contribution is 2.50. The molecule has 0 amide bonds. The van der Waals surface area contributed by atoms with Crippen molar-refractivity contribution in [1.29, 1.82) is 0 Å². The fraction of sp³-hybridized carbons (Fsp3) is 0. The Morgan fingerprint density at radius 3 is 0.965 bits per heavy atom. The quantitative estimate of drug-likeness (QED) is 0.147. The Balaban J connectivity index is 0.000000102. The maximum Gasteiger partial charge on any atom is 0.153 e. The average molecular weight is 1460 g/mol. The monoisotopic (exact) mass is 1460 g/mol. The van der Waals surface area contributed by atoms with Gasteiger partial charge in [0.1, 0.15) is 34.0 Å². The van der Waals surface area contributed by atoms with Crippen molar-refractivity contribution >= 4 is 97.9 Å². The lowest BCUT2D eigenvalue weighted by Gasteiger charge is -2.22. The van der Waals surface area contributed by atoms with Crippen molar-refractivity contribution in [2.24, 2.45) is 0 Å². The van der Waals surface area contributed by atoms with Crippen LogP contribution in [0.5, 0.6) is 34.5 Å². The first kappa shape index (κ1) is 64.5. The van der Waals surface area contributed by atoms with E-state index in [1.54, 1.807) is 0 Å². The Hall–Kier alpha value is -15.5. The number of nitrogens with zero attached hydrogens (tertiary/aromatic N) is 7. The molecule has 25 rings (SSSR count). The highest BCUT2D eigenvalue weighted by atomic mass is 16.5. The lowest BCUT2D eigenvalue weighted by Crippen LogP contribution is -2.06. The van der Waals surface area contributed by atoms with Crippen LogP contribution in [0.3, 0.4) is 0 Å². The summed E-state index contributed by atoms with van der Waals surface area (Å²) >= 11 is 0. The van der Waals surface area contributed by atoms with E-state index in [1.807, 2.05) is 97.2 Å². The molecule has 0 fully saturated rings. The van der Waals surface area contributed by atoms with E-state index in [0.29, 0.717) is 0 Å². The van der Waals surface area contributed by atoms with Crippen molar-refractivity contribution in [3.8, 4) is 130 Å². The van der Waals surface area contributed by atoms with Gasteiger partial charge in [0.25, 0.3) is 0 Å². The standard InChI is InChI=1S/C39H24N2O.C33H20N2O.C32H19N3O/c1-2-9-27(10-3-1)39-40-34-15-8-16-36-38(34)41(39)35-22-21-28(24-37(35)42-36)25-17-19-26(20-18-25)33-23-29-11-4-5-12-30(29)31-13-6-7-14-32(31)33;1-2-9-21(10-3-1)33-34-28-15-8-16-30-32(28)35(33)29-18-17-23(20-31(29)36-30)27-19-22-11-4-5-12-24(22)25-13-6-7-14-26(25)27;1-2-8-20(9-3-1)32-34-26-13-6-14-28-31(26)35(32)27-16-15-22(19-29(27)36-28)25-18-21-10-4-5-11-23(21)30-24(25)12-7-17-33-30/h1-24H;1-20H;1-19H. The van der Waals surface area contributed by atoms with E-state index in [0.717, 1.165) is 163 Å². The van der Waals surface area contributed by atoms with Gasteiger partial charge < -0.3 is 14.2 Å². The minimum Gasteiger partial charge on any atom is -0.453 e. The maximum absolute atomic E-state index is 6.50. The number of imidazole rings is 3. The predicted octanol–water partition coefficient (Wildman–Crippen LogP) is 27.4. The Morgan fingerprint density at radius 2 is 0.526 bits per heavy atom. The summed E-state index contributed by atoms with van der Waals surface area (Å²) in [6.45, 7) is 0. The Labute approximate surface area is 654 Å². The van der Waals surface area contributed by atoms with Gasteiger partial charge in [0.2, 0.25) is 0 Å². The lowest BCUT2D eigenvalue weighted by molar-refractivity contribution is 0.476. The molecule has 7 heterocycles. The largest absolute Gasteiger partial charge is 0.453 e. The molecule has 0 atom stereocenters. The Kier molecular flexibility index (Phi) is 14.8. The molecule has 18 aromatic carbocycles. The predicted molar refractivity (Wildman–Crippen MR) is 464 cm³/mol. The van der Waals surface area contributed by atoms with Crippen molar-refractivity contribution in [3.63, 3.8) is 0 Å². The second kappa shape index (κ2) is 26.1. The van der Waals surface area contributed by atoms with E-state index in [9.17, 15) is 0 Å². The number of ether oxygens (including phenoxy) is 3. The van der Waals surface area contributed by atoms with Crippen molar-refractivity contribution in [1.82, 2.24) is 33.6 Å². The van der Waals surface area contributed by atoms with E-state index < -0.39 is 0 Å². The van der Waals surface area contributed by atoms with Gasteiger partial charge in [-0.3, -0.25) is 18.7 Å². The van der Waals surface area contributed by atoms with Crippen LogP contribution in [0.1, 0.15) is 0 Å². The molecule has 0 unspecified atom stereocenters. The van der Waals surface area contributed by atoms with E-state index in [1.165, 1.54) is 65.2 Å². The number of rotatable bonds is 7. The average Bonchev–Trinajstić information content (AvgIpc) is 1.35. The molecule has 0 spiro atoms. The van der Waals surface area contributed by atoms with E-state index >= 15 is 0 Å². The summed E-state index contributed by atoms with van der Waals surface area (Å²) in [5.41, 5.74) is 22.3. The number of hydrogen-bond acceptors (Lipinski definition) is 7. The van der Waals surface area contributed by atoms with Crippen LogP contribution in [0.15, 0.2) is 382 Å². The SMILES string of the molecule is c1ccc(-c2nc3cccc4c3n2-c2ccc(-c3cc5ccccc5c5ccccc35)cc2O4)cc1.c1ccc(-c2nc3cccc4c3n2-c2ccc(-c3cc5ccccc5c5ncccc35)cc2O4)cc1.c1ccc(-c2nc3cccc4c3n2-c2ccc(-c3ccc(-c5cc6ccccc6c6ccccc56)cc3)cc2O4)cc1. The molecule has 10 nitrogen and oxygen atoms in total. The minimum absolute atomic E-state index is 0.813. The van der Waals surface area contributed by atoms with Gasteiger partial charge in [-0.05, 0) is 190 Å². The van der Waals surface area contributed by atoms with Gasteiger partial charge in [-0.15, -0.1) is 0 Å². The molecule has 0 saturated heterocycles. The van der Waals surface area contributed by atoms with Gasteiger partial charge in [0, 0.05) is 33.7 Å². The highest BCUT2D eigenvalue weighted by Gasteiger charge is 2.30. The molecular formula is C104H63N7O3. The topological polar surface area (TPSA) is 94.0 Å². The first-order chi connectivity index (χ1) is 56.5. The summed E-state index contributed by atoms with van der Waals surface area (Å²) < 4.78 is 26.2. The zero-order chi connectivity index (χ0) is 74.9. The highest BCUT2D eigenvalue weighted by molar-refractivity contribution is 6.16. The van der Waals surface area contributed by atoms with Crippen LogP contribution in [0.4, 0.5) is 0 Å². The second-order valence-corrected chi connectivity index (χ2v) is 29.1. The Bertz CT molecular complexity index is 7410. The van der Waals surface area contributed by atoms with Gasteiger partial charge in [0.05, 0.1) is 39.1 Å². The van der Waals surface area contributed by atoms with Crippen LogP contribution in [0, 0.1) is 0 Å². The second-order valence-electron chi connectivity index (χ2n) is 29.1. The zero-order valence-corrected chi connectivity index (χ0v) is 61.2. The Morgan fingerprint density at radius 1 is 0.202 bits per heavy atom. The van der Waals surface area contributed by atoms with Gasteiger partial charge in [-0.25, -0.2) is 15.0 Å². The smallest absolute Gasteiger partial charge is 0.153 e. The number of aromatic nitrogens is 7. The van der Waals surface area contributed by atoms with Crippen molar-refractivity contribution < 1.29 is 14.2 Å². The molecule has 10 heteroatoms. The first-order valence-corrected chi connectivity index (χ1v) is 38.4. The molecule has 4 aromatic heterocycles. The molecule has 22 aromatic rings. The van der Waals surface area contributed by atoms with Gasteiger partial charge >= 0.3 is 0 Å². The molecule has 0 bridgehead atoms. The van der Waals surface area contributed by atoms with Gasteiger partial charge in [-0.2, -0.15) is 0 Å². The molecule has 0 aliphatic carbocycles. The summed E-state index contributed by atoms with van der Waals surface area (Å²) in [5, 5.41) is 13.6. The van der Waals surface area contributed by atoms with Crippen LogP contribution in [-0.4, -0.2) is 33.6 Å². The third-order valence-corrected chi connectivity index (χ3v) is 22.6. The number of pyridine rings is 1. The first-order valence-electron chi connectivity index (χ1n) is 38.4. The van der Waals surface area contributed by atoms with Crippen LogP contribution < -0.4 is 14.2 Å². The molecular weight excluding hydrogens is 1400 g/mol. The maximum atomic E-state index is 6.50. The van der Waals surface area contributed by atoms with Crippen molar-refractivity contribution in [2.45, 2.75) is 0 Å². The molecule has 532 valence electrons. The lowest BCUT2D eigenvalue weighted by atomic mass is 9.92. The van der Waals surface area contributed by atoms with E-state index in [-0.39, 0.29) is 0 Å². The third kappa shape index (κ3) is 10.5. The van der Waals surface area contributed by atoms with Crippen LogP contribution in [-0.2, 0) is 0 Å². The third-order valence-electron chi connectivity index (χ3n) is 22.6.